The second-order valence-corrected chi connectivity index (χ2v) is 6.44. The molecule has 0 unspecified atom stereocenters. The van der Waals surface area contributed by atoms with Crippen LogP contribution in [-0.4, -0.2) is 57.8 Å². The zero-order valence-electron chi connectivity index (χ0n) is 14.6. The summed E-state index contributed by atoms with van der Waals surface area (Å²) < 4.78 is 5.52. The van der Waals surface area contributed by atoms with E-state index in [0.29, 0.717) is 48.9 Å². The quantitative estimate of drug-likeness (QED) is 0.768. The third kappa shape index (κ3) is 3.08. The summed E-state index contributed by atoms with van der Waals surface area (Å²) in [5.74, 6) is 0.510. The minimum absolute atomic E-state index is 0.0251. The second-order valence-electron chi connectivity index (χ2n) is 6.44. The fourth-order valence-corrected chi connectivity index (χ4v) is 3.31. The van der Waals surface area contributed by atoms with Gasteiger partial charge in [0.05, 0.1) is 0 Å². The Morgan fingerprint density at radius 1 is 1.08 bits per heavy atom. The average molecular weight is 352 g/mol. The lowest BCUT2D eigenvalue weighted by atomic mass is 10.1. The highest BCUT2D eigenvalue weighted by atomic mass is 16.3. The Bertz CT molecular complexity index is 945. The fourth-order valence-electron chi connectivity index (χ4n) is 3.31. The molecule has 7 nitrogen and oxygen atoms in total. The van der Waals surface area contributed by atoms with E-state index in [1.165, 1.54) is 0 Å². The highest BCUT2D eigenvalue weighted by molar-refractivity contribution is 5.97. The van der Waals surface area contributed by atoms with Gasteiger partial charge in [-0.1, -0.05) is 0 Å². The first-order valence-electron chi connectivity index (χ1n) is 8.71. The molecule has 1 aliphatic rings. The molecule has 0 atom stereocenters. The van der Waals surface area contributed by atoms with Crippen molar-refractivity contribution in [2.24, 2.45) is 0 Å². The number of aryl methyl sites for hydroxylation is 1. The van der Waals surface area contributed by atoms with Crippen LogP contribution in [-0.2, 0) is 0 Å². The van der Waals surface area contributed by atoms with Crippen LogP contribution in [0.2, 0.25) is 0 Å². The van der Waals surface area contributed by atoms with E-state index in [0.717, 1.165) is 11.9 Å². The smallest absolute Gasteiger partial charge is 0.270 e. The van der Waals surface area contributed by atoms with Crippen molar-refractivity contribution in [2.45, 2.75) is 13.3 Å². The molecule has 134 valence electrons. The summed E-state index contributed by atoms with van der Waals surface area (Å²) in [6.45, 7) is 4.08. The molecular weight excluding hydrogens is 332 g/mol. The van der Waals surface area contributed by atoms with Gasteiger partial charge in [-0.2, -0.15) is 0 Å². The Morgan fingerprint density at radius 3 is 2.58 bits per heavy atom. The maximum atomic E-state index is 12.9. The lowest BCUT2D eigenvalue weighted by Crippen LogP contribution is -2.37. The topological polar surface area (TPSA) is 82.4 Å². The highest BCUT2D eigenvalue weighted by Gasteiger charge is 2.24. The molecule has 26 heavy (non-hydrogen) atoms. The van der Waals surface area contributed by atoms with Crippen LogP contribution in [0, 0.1) is 6.92 Å². The third-order valence-electron chi connectivity index (χ3n) is 4.64. The molecule has 4 rings (SSSR count). The molecule has 0 spiro atoms. The Kier molecular flexibility index (Phi) is 4.20. The van der Waals surface area contributed by atoms with Crippen LogP contribution in [0.25, 0.3) is 11.1 Å². The standard InChI is InChI=1S/C19H20N4O3/c1-13-21-15-6-5-14(12-17(15)26-13)18(24)22-8-3-9-23(11-10-22)19(25)16-4-2-7-20-16/h2,4-7,12,20H,3,8-11H2,1H3. The minimum atomic E-state index is -0.0462. The van der Waals surface area contributed by atoms with Crippen LogP contribution in [0.5, 0.6) is 0 Å². The van der Waals surface area contributed by atoms with E-state index >= 15 is 0 Å². The van der Waals surface area contributed by atoms with Crippen LogP contribution in [0.3, 0.4) is 0 Å². The van der Waals surface area contributed by atoms with Gasteiger partial charge in [0.25, 0.3) is 11.8 Å². The van der Waals surface area contributed by atoms with E-state index < -0.39 is 0 Å². The Morgan fingerprint density at radius 2 is 1.85 bits per heavy atom. The summed E-state index contributed by atoms with van der Waals surface area (Å²) in [4.78, 5) is 36.1. The van der Waals surface area contributed by atoms with Crippen LogP contribution in [0.1, 0.15) is 33.2 Å². The number of amides is 2. The molecule has 0 aliphatic carbocycles. The van der Waals surface area contributed by atoms with Gasteiger partial charge in [0, 0.05) is 44.9 Å². The van der Waals surface area contributed by atoms with E-state index in [9.17, 15) is 9.59 Å². The number of carbonyl (C=O) groups excluding carboxylic acids is 2. The molecule has 0 saturated carbocycles. The molecule has 1 aliphatic heterocycles. The molecule has 0 bridgehead atoms. The predicted molar refractivity (Wildman–Crippen MR) is 96.0 cm³/mol. The van der Waals surface area contributed by atoms with Crippen molar-refractivity contribution < 1.29 is 14.0 Å². The normalized spacial score (nSPS) is 15.3. The van der Waals surface area contributed by atoms with Crippen LogP contribution < -0.4 is 0 Å². The first-order chi connectivity index (χ1) is 12.6. The number of aromatic amines is 1. The van der Waals surface area contributed by atoms with Crippen LogP contribution in [0.4, 0.5) is 0 Å². The van der Waals surface area contributed by atoms with Gasteiger partial charge in [0.15, 0.2) is 11.5 Å². The molecular formula is C19H20N4O3. The number of benzene rings is 1. The average Bonchev–Trinajstić information content (AvgIpc) is 3.23. The van der Waals surface area contributed by atoms with Crippen LogP contribution in [0.15, 0.2) is 40.9 Å². The largest absolute Gasteiger partial charge is 0.441 e. The summed E-state index contributed by atoms with van der Waals surface area (Å²) >= 11 is 0. The monoisotopic (exact) mass is 352 g/mol. The molecule has 7 heteroatoms. The zero-order chi connectivity index (χ0) is 18.1. The lowest BCUT2D eigenvalue weighted by molar-refractivity contribution is 0.0716. The van der Waals surface area contributed by atoms with E-state index in [2.05, 4.69) is 9.97 Å². The molecule has 2 amide bonds. The number of nitrogens with zero attached hydrogens (tertiary/aromatic N) is 3. The summed E-state index contributed by atoms with van der Waals surface area (Å²) in [7, 11) is 0. The van der Waals surface area contributed by atoms with E-state index in [1.54, 1.807) is 47.2 Å². The number of carbonyl (C=O) groups is 2. The molecule has 0 radical (unpaired) electrons. The number of hydrogen-bond donors (Lipinski definition) is 1. The fraction of sp³-hybridized carbons (Fsp3) is 0.316. The maximum Gasteiger partial charge on any atom is 0.270 e. The summed E-state index contributed by atoms with van der Waals surface area (Å²) in [5, 5.41) is 0. The van der Waals surface area contributed by atoms with Crippen LogP contribution >= 0.6 is 0 Å². The Labute approximate surface area is 150 Å². The van der Waals surface area contributed by atoms with Gasteiger partial charge in [0.1, 0.15) is 11.2 Å². The number of nitrogens with one attached hydrogen (secondary N) is 1. The predicted octanol–water partition coefficient (Wildman–Crippen LogP) is 2.45. The number of hydrogen-bond acceptors (Lipinski definition) is 4. The molecule has 1 saturated heterocycles. The van der Waals surface area contributed by atoms with Gasteiger partial charge < -0.3 is 19.2 Å². The summed E-state index contributed by atoms with van der Waals surface area (Å²) in [6.07, 6.45) is 2.49. The van der Waals surface area contributed by atoms with E-state index in [1.807, 2.05) is 6.07 Å². The third-order valence-corrected chi connectivity index (χ3v) is 4.64. The number of fused-ring (bicyclic) bond motifs is 1. The summed E-state index contributed by atoms with van der Waals surface area (Å²) in [5.41, 5.74) is 2.53. The van der Waals surface area contributed by atoms with Crippen molar-refractivity contribution >= 4 is 22.9 Å². The van der Waals surface area contributed by atoms with Crippen molar-refractivity contribution in [3.8, 4) is 0 Å². The van der Waals surface area contributed by atoms with Crippen molar-refractivity contribution in [3.05, 3.63) is 53.7 Å². The Hall–Kier alpha value is -3.09. The van der Waals surface area contributed by atoms with Gasteiger partial charge in [0.2, 0.25) is 0 Å². The number of rotatable bonds is 2. The van der Waals surface area contributed by atoms with Gasteiger partial charge in [-0.15, -0.1) is 0 Å². The number of oxazole rings is 1. The van der Waals surface area contributed by atoms with Crippen molar-refractivity contribution in [1.29, 1.82) is 0 Å². The Balaban J connectivity index is 1.47. The lowest BCUT2D eigenvalue weighted by Gasteiger charge is -2.22. The number of H-pyrrole nitrogens is 1. The van der Waals surface area contributed by atoms with E-state index in [-0.39, 0.29) is 11.8 Å². The molecule has 1 aromatic carbocycles. The first-order valence-corrected chi connectivity index (χ1v) is 8.71. The van der Waals surface area contributed by atoms with Gasteiger partial charge >= 0.3 is 0 Å². The zero-order valence-corrected chi connectivity index (χ0v) is 14.6. The molecule has 3 aromatic rings. The SMILES string of the molecule is Cc1nc2ccc(C(=O)N3CCCN(C(=O)c4ccc[nH]4)CC3)cc2o1. The van der Waals surface area contributed by atoms with Crippen molar-refractivity contribution in [3.63, 3.8) is 0 Å². The summed E-state index contributed by atoms with van der Waals surface area (Å²) in [6, 6.07) is 8.90. The molecule has 1 N–H and O–H groups in total. The molecule has 1 fully saturated rings. The van der Waals surface area contributed by atoms with Gasteiger partial charge in [-0.25, -0.2) is 4.98 Å². The van der Waals surface area contributed by atoms with Gasteiger partial charge in [-0.05, 0) is 36.8 Å². The second kappa shape index (κ2) is 6.67. The minimum Gasteiger partial charge on any atom is -0.441 e. The van der Waals surface area contributed by atoms with Gasteiger partial charge in [-0.3, -0.25) is 9.59 Å². The van der Waals surface area contributed by atoms with Crippen molar-refractivity contribution in [1.82, 2.24) is 19.8 Å². The van der Waals surface area contributed by atoms with Crippen molar-refractivity contribution in [2.75, 3.05) is 26.2 Å². The molecule has 3 heterocycles. The van der Waals surface area contributed by atoms with E-state index in [4.69, 9.17) is 4.42 Å². The maximum absolute atomic E-state index is 12.9. The molecule has 2 aromatic heterocycles. The first kappa shape index (κ1) is 16.4. The number of aromatic nitrogens is 2. The highest BCUT2D eigenvalue weighted by Crippen LogP contribution is 2.19.